The minimum atomic E-state index is -0.287. The summed E-state index contributed by atoms with van der Waals surface area (Å²) in [5, 5.41) is 5.17. The van der Waals surface area contributed by atoms with Crippen LogP contribution in [-0.2, 0) is 0 Å². The van der Waals surface area contributed by atoms with Gasteiger partial charge in [0.05, 0.1) is 0 Å². The maximum absolute atomic E-state index is 11.2. The van der Waals surface area contributed by atoms with Gasteiger partial charge in [0.25, 0.3) is 0 Å². The Morgan fingerprint density at radius 1 is 1.43 bits per heavy atom. The normalized spacial score (nSPS) is 9.00. The predicted octanol–water partition coefficient (Wildman–Crippen LogP) is 2.13. The van der Waals surface area contributed by atoms with Gasteiger partial charge in [0, 0.05) is 12.4 Å². The van der Waals surface area contributed by atoms with Crippen molar-refractivity contribution < 1.29 is 4.79 Å². The molecular formula is C10H13N3O. The first kappa shape index (κ1) is 10.2. The lowest BCUT2D eigenvalue weighted by Gasteiger charge is -2.02. The number of aromatic nitrogens is 1. The van der Waals surface area contributed by atoms with Crippen LogP contribution in [0.1, 0.15) is 13.8 Å². The Morgan fingerprint density at radius 2 is 2.21 bits per heavy atom. The smallest absolute Gasteiger partial charge is 0.314 e. The van der Waals surface area contributed by atoms with Gasteiger partial charge in [-0.05, 0) is 26.0 Å². The van der Waals surface area contributed by atoms with Crippen molar-refractivity contribution in [2.24, 2.45) is 0 Å². The number of hydrogen-bond donors (Lipinski definition) is 2. The van der Waals surface area contributed by atoms with Gasteiger partial charge >= 0.3 is 6.03 Å². The fourth-order valence-corrected chi connectivity index (χ4v) is 0.799. The van der Waals surface area contributed by atoms with Crippen LogP contribution in [0.15, 0.2) is 36.2 Å². The number of amides is 2. The molecule has 0 spiro atoms. The van der Waals surface area contributed by atoms with Crippen LogP contribution >= 0.6 is 0 Å². The largest absolute Gasteiger partial charge is 0.324 e. The van der Waals surface area contributed by atoms with Gasteiger partial charge in [0.15, 0.2) is 0 Å². The van der Waals surface area contributed by atoms with E-state index in [2.05, 4.69) is 15.6 Å². The zero-order valence-corrected chi connectivity index (χ0v) is 8.24. The van der Waals surface area contributed by atoms with Crippen molar-refractivity contribution in [3.05, 3.63) is 36.2 Å². The summed E-state index contributed by atoms with van der Waals surface area (Å²) < 4.78 is 0. The lowest BCUT2D eigenvalue weighted by atomic mass is 10.4. The highest BCUT2D eigenvalue weighted by molar-refractivity contribution is 5.88. The van der Waals surface area contributed by atoms with Crippen LogP contribution in [0.5, 0.6) is 0 Å². The van der Waals surface area contributed by atoms with E-state index in [1.54, 1.807) is 24.5 Å². The molecule has 0 bridgehead atoms. The number of pyridine rings is 1. The van der Waals surface area contributed by atoms with E-state index >= 15 is 0 Å². The van der Waals surface area contributed by atoms with Crippen molar-refractivity contribution in [1.29, 1.82) is 0 Å². The maximum atomic E-state index is 11.2. The monoisotopic (exact) mass is 191 g/mol. The minimum absolute atomic E-state index is 0.287. The number of urea groups is 1. The van der Waals surface area contributed by atoms with Crippen molar-refractivity contribution in [2.75, 3.05) is 5.32 Å². The lowest BCUT2D eigenvalue weighted by molar-refractivity contribution is 0.255. The summed E-state index contributed by atoms with van der Waals surface area (Å²) >= 11 is 0. The number of nitrogens with one attached hydrogen (secondary N) is 2. The molecule has 2 amide bonds. The van der Waals surface area contributed by atoms with Gasteiger partial charge in [0.2, 0.25) is 0 Å². The van der Waals surface area contributed by atoms with Crippen molar-refractivity contribution >= 4 is 11.8 Å². The molecule has 2 N–H and O–H groups in total. The molecule has 0 saturated heterocycles. The highest BCUT2D eigenvalue weighted by Crippen LogP contribution is 1.98. The van der Waals surface area contributed by atoms with Crippen LogP contribution in [0.3, 0.4) is 0 Å². The molecule has 0 aromatic carbocycles. The van der Waals surface area contributed by atoms with Gasteiger partial charge < -0.3 is 5.32 Å². The van der Waals surface area contributed by atoms with Crippen LogP contribution in [0.2, 0.25) is 0 Å². The molecule has 0 aliphatic heterocycles. The number of anilines is 1. The molecule has 1 aromatic rings. The second kappa shape index (κ2) is 5.01. The Hall–Kier alpha value is -1.84. The molecule has 0 saturated carbocycles. The van der Waals surface area contributed by atoms with Crippen LogP contribution in [0.4, 0.5) is 10.6 Å². The highest BCUT2D eigenvalue weighted by atomic mass is 16.2. The molecule has 14 heavy (non-hydrogen) atoms. The van der Waals surface area contributed by atoms with Crippen LogP contribution in [0, 0.1) is 0 Å². The zero-order valence-electron chi connectivity index (χ0n) is 8.24. The Bertz CT molecular complexity index is 328. The molecule has 0 aliphatic rings. The average molecular weight is 191 g/mol. The Kier molecular flexibility index (Phi) is 3.67. The third-order valence-corrected chi connectivity index (χ3v) is 1.40. The standard InChI is InChI=1S/C10H13N3O/c1-8(2)7-12-10(14)13-9-5-3-4-6-11-9/h3-7H,1-2H3,(H2,11,12,13,14). The van der Waals surface area contributed by atoms with Crippen LogP contribution in [0.25, 0.3) is 0 Å². The molecule has 4 heteroatoms. The molecule has 74 valence electrons. The first-order valence-electron chi connectivity index (χ1n) is 4.30. The molecule has 1 aromatic heterocycles. The van der Waals surface area contributed by atoms with E-state index in [1.165, 1.54) is 0 Å². The third-order valence-electron chi connectivity index (χ3n) is 1.40. The first-order valence-corrected chi connectivity index (χ1v) is 4.30. The fourth-order valence-electron chi connectivity index (χ4n) is 0.799. The van der Waals surface area contributed by atoms with Crippen molar-refractivity contribution in [2.45, 2.75) is 13.8 Å². The number of nitrogens with zero attached hydrogens (tertiary/aromatic N) is 1. The topological polar surface area (TPSA) is 54.0 Å². The van der Waals surface area contributed by atoms with Crippen molar-refractivity contribution in [1.82, 2.24) is 10.3 Å². The number of carbonyl (C=O) groups excluding carboxylic acids is 1. The summed E-state index contributed by atoms with van der Waals surface area (Å²) in [6.45, 7) is 3.81. The highest BCUT2D eigenvalue weighted by Gasteiger charge is 1.98. The Balaban J connectivity index is 2.46. The van der Waals surface area contributed by atoms with E-state index in [1.807, 2.05) is 19.9 Å². The summed E-state index contributed by atoms with van der Waals surface area (Å²) in [4.78, 5) is 15.2. The molecule has 1 heterocycles. The number of carbonyl (C=O) groups is 1. The quantitative estimate of drug-likeness (QED) is 0.752. The number of rotatable bonds is 2. The van der Waals surface area contributed by atoms with Crippen LogP contribution < -0.4 is 10.6 Å². The van der Waals surface area contributed by atoms with Gasteiger partial charge in [-0.15, -0.1) is 0 Å². The molecule has 0 aliphatic carbocycles. The minimum Gasteiger partial charge on any atom is -0.314 e. The SMILES string of the molecule is CC(C)=CNC(=O)Nc1ccccn1. The number of allylic oxidation sites excluding steroid dienone is 1. The van der Waals surface area contributed by atoms with Gasteiger partial charge in [-0.25, -0.2) is 9.78 Å². The second-order valence-electron chi connectivity index (χ2n) is 3.04. The Morgan fingerprint density at radius 3 is 2.79 bits per heavy atom. The molecule has 4 nitrogen and oxygen atoms in total. The Labute approximate surface area is 83.0 Å². The van der Waals surface area contributed by atoms with Gasteiger partial charge in [-0.1, -0.05) is 11.6 Å². The van der Waals surface area contributed by atoms with E-state index in [-0.39, 0.29) is 6.03 Å². The van der Waals surface area contributed by atoms with Gasteiger partial charge in [-0.2, -0.15) is 0 Å². The lowest BCUT2D eigenvalue weighted by Crippen LogP contribution is -2.24. The van der Waals surface area contributed by atoms with E-state index in [0.29, 0.717) is 5.82 Å². The molecule has 0 fully saturated rings. The summed E-state index contributed by atoms with van der Waals surface area (Å²) in [6.07, 6.45) is 3.26. The first-order chi connectivity index (χ1) is 6.68. The predicted molar refractivity (Wildman–Crippen MR) is 55.8 cm³/mol. The summed E-state index contributed by atoms with van der Waals surface area (Å²) in [7, 11) is 0. The third kappa shape index (κ3) is 3.71. The van der Waals surface area contributed by atoms with Crippen molar-refractivity contribution in [3.63, 3.8) is 0 Å². The molecule has 0 atom stereocenters. The molecule has 1 rings (SSSR count). The zero-order chi connectivity index (χ0) is 10.4. The number of hydrogen-bond acceptors (Lipinski definition) is 2. The summed E-state index contributed by atoms with van der Waals surface area (Å²) in [5.41, 5.74) is 1.03. The van der Waals surface area contributed by atoms with E-state index in [4.69, 9.17) is 0 Å². The summed E-state index contributed by atoms with van der Waals surface area (Å²) in [5.74, 6) is 0.534. The second-order valence-corrected chi connectivity index (χ2v) is 3.04. The summed E-state index contributed by atoms with van der Waals surface area (Å²) in [6, 6.07) is 5.04. The fraction of sp³-hybridized carbons (Fsp3) is 0.200. The van der Waals surface area contributed by atoms with Gasteiger partial charge in [-0.3, -0.25) is 5.32 Å². The van der Waals surface area contributed by atoms with E-state index in [9.17, 15) is 4.79 Å². The molecule has 0 unspecified atom stereocenters. The molecular weight excluding hydrogens is 178 g/mol. The van der Waals surface area contributed by atoms with Crippen molar-refractivity contribution in [3.8, 4) is 0 Å². The van der Waals surface area contributed by atoms with Gasteiger partial charge in [0.1, 0.15) is 5.82 Å². The average Bonchev–Trinajstić information content (AvgIpc) is 2.16. The maximum Gasteiger partial charge on any atom is 0.324 e. The molecule has 0 radical (unpaired) electrons. The van der Waals surface area contributed by atoms with E-state index in [0.717, 1.165) is 5.57 Å². The van der Waals surface area contributed by atoms with E-state index < -0.39 is 0 Å². The van der Waals surface area contributed by atoms with Crippen LogP contribution in [-0.4, -0.2) is 11.0 Å².